The maximum atomic E-state index is 14.9. The Morgan fingerprint density at radius 2 is 2.11 bits per heavy atom. The monoisotopic (exact) mass is 546 g/mol. The van der Waals surface area contributed by atoms with Crippen molar-refractivity contribution in [1.29, 1.82) is 0 Å². The van der Waals surface area contributed by atoms with Crippen molar-refractivity contribution in [2.45, 2.75) is 31.7 Å². The number of benzene rings is 1. The van der Waals surface area contributed by atoms with Crippen molar-refractivity contribution in [3.8, 4) is 5.75 Å². The van der Waals surface area contributed by atoms with Gasteiger partial charge in [0.05, 0.1) is 23.4 Å². The standard InChI is InChI=1S/C26H29ClF2N6O3/c1-13-9-35(10-15(13)11-36)25-30-8-18(27)23(33-25)31-16-5-6-19-17(7-16)20-21(24(37)34(19)2)38-12-26(28,29)22(32-20)14-3-4-14/h5-8,13-15,22,32,36H,3-4,9-12H2,1-2H3,(H,30,31,33)/t13-,15-,22-/m0/s1. The number of ether oxygens (including phenoxy) is 1. The highest BCUT2D eigenvalue weighted by atomic mass is 35.5. The average molecular weight is 547 g/mol. The molecule has 3 atom stereocenters. The van der Waals surface area contributed by atoms with Crippen LogP contribution >= 0.6 is 11.6 Å². The number of alkyl halides is 2. The average Bonchev–Trinajstić information content (AvgIpc) is 3.67. The molecular weight excluding hydrogens is 518 g/mol. The van der Waals surface area contributed by atoms with Gasteiger partial charge >= 0.3 is 5.92 Å². The zero-order valence-electron chi connectivity index (χ0n) is 21.0. The Morgan fingerprint density at radius 1 is 1.32 bits per heavy atom. The zero-order valence-corrected chi connectivity index (χ0v) is 21.8. The summed E-state index contributed by atoms with van der Waals surface area (Å²) < 4.78 is 36.7. The fourth-order valence-electron chi connectivity index (χ4n) is 5.46. The summed E-state index contributed by atoms with van der Waals surface area (Å²) in [5.74, 6) is -2.05. The van der Waals surface area contributed by atoms with Crippen LogP contribution in [0.3, 0.4) is 0 Å². The quantitative estimate of drug-likeness (QED) is 0.441. The van der Waals surface area contributed by atoms with Gasteiger partial charge in [-0.2, -0.15) is 4.98 Å². The summed E-state index contributed by atoms with van der Waals surface area (Å²) in [4.78, 5) is 24.0. The first-order valence-electron chi connectivity index (χ1n) is 12.8. The summed E-state index contributed by atoms with van der Waals surface area (Å²) in [6.07, 6.45) is 2.95. The number of rotatable bonds is 5. The molecule has 2 fully saturated rings. The summed E-state index contributed by atoms with van der Waals surface area (Å²) in [6, 6.07) is 4.19. The largest absolute Gasteiger partial charge is 0.480 e. The molecule has 1 saturated carbocycles. The lowest BCUT2D eigenvalue weighted by Crippen LogP contribution is -2.44. The fourth-order valence-corrected chi connectivity index (χ4v) is 5.59. The Labute approximate surface area is 222 Å². The van der Waals surface area contributed by atoms with Crippen molar-refractivity contribution >= 4 is 45.6 Å². The smallest absolute Gasteiger partial charge is 0.301 e. The van der Waals surface area contributed by atoms with E-state index in [2.05, 4.69) is 27.5 Å². The van der Waals surface area contributed by atoms with Crippen LogP contribution in [0.5, 0.6) is 5.75 Å². The third kappa shape index (κ3) is 4.31. The van der Waals surface area contributed by atoms with Crippen molar-refractivity contribution in [2.24, 2.45) is 24.8 Å². The predicted octanol–water partition coefficient (Wildman–Crippen LogP) is 4.01. The second kappa shape index (κ2) is 9.23. The minimum absolute atomic E-state index is 0.103. The van der Waals surface area contributed by atoms with Crippen molar-refractivity contribution in [3.05, 3.63) is 39.8 Å². The number of aliphatic hydroxyl groups is 1. The first-order valence-corrected chi connectivity index (χ1v) is 13.1. The Hall–Kier alpha value is -3.18. The highest BCUT2D eigenvalue weighted by Gasteiger charge is 2.51. The molecule has 3 aliphatic rings. The Kier molecular flexibility index (Phi) is 6.10. The minimum atomic E-state index is -3.11. The van der Waals surface area contributed by atoms with E-state index in [1.54, 1.807) is 25.2 Å². The predicted molar refractivity (Wildman–Crippen MR) is 142 cm³/mol. The maximum Gasteiger partial charge on any atom is 0.301 e. The van der Waals surface area contributed by atoms with E-state index in [0.717, 1.165) is 6.54 Å². The summed E-state index contributed by atoms with van der Waals surface area (Å²) in [6.45, 7) is 2.71. The number of hydrogen-bond acceptors (Lipinski definition) is 8. The molecule has 0 bridgehead atoms. The molecule has 202 valence electrons. The minimum Gasteiger partial charge on any atom is -0.480 e. The molecule has 0 radical (unpaired) electrons. The fraction of sp³-hybridized carbons (Fsp3) is 0.500. The van der Waals surface area contributed by atoms with E-state index in [4.69, 9.17) is 16.3 Å². The van der Waals surface area contributed by atoms with Gasteiger partial charge in [0.1, 0.15) is 5.02 Å². The lowest BCUT2D eigenvalue weighted by molar-refractivity contribution is -0.0579. The van der Waals surface area contributed by atoms with E-state index in [1.807, 2.05) is 4.90 Å². The van der Waals surface area contributed by atoms with Crippen LogP contribution in [0.2, 0.25) is 5.02 Å². The number of anilines is 4. The number of aromatic nitrogens is 3. The van der Waals surface area contributed by atoms with Gasteiger partial charge in [-0.1, -0.05) is 18.5 Å². The molecule has 2 aliphatic heterocycles. The first-order chi connectivity index (χ1) is 18.2. The van der Waals surface area contributed by atoms with E-state index in [0.29, 0.717) is 58.7 Å². The molecule has 0 spiro atoms. The molecule has 1 aromatic carbocycles. The number of fused-ring (bicyclic) bond motifs is 3. The van der Waals surface area contributed by atoms with Gasteiger partial charge in [0.15, 0.2) is 12.4 Å². The molecule has 12 heteroatoms. The SMILES string of the molecule is C[C@H]1CN(c2ncc(Cl)c(Nc3ccc4c(c3)c3c(c(=O)n4C)OCC(F)(F)[C@H](C4CC4)N3)n2)C[C@H]1CO. The van der Waals surface area contributed by atoms with Crippen LogP contribution in [0.1, 0.15) is 19.8 Å². The van der Waals surface area contributed by atoms with Crippen LogP contribution in [0, 0.1) is 17.8 Å². The number of pyridine rings is 1. The number of hydrogen-bond donors (Lipinski definition) is 3. The molecule has 3 aromatic rings. The van der Waals surface area contributed by atoms with Gasteiger partial charge in [-0.05, 0) is 42.9 Å². The van der Waals surface area contributed by atoms with Gasteiger partial charge < -0.3 is 29.9 Å². The van der Waals surface area contributed by atoms with Crippen molar-refractivity contribution in [2.75, 3.05) is 41.8 Å². The summed E-state index contributed by atoms with van der Waals surface area (Å²) in [7, 11) is 1.59. The molecule has 1 saturated heterocycles. The molecule has 0 amide bonds. The first kappa shape index (κ1) is 25.1. The lowest BCUT2D eigenvalue weighted by atomic mass is 10.00. The number of halogens is 3. The molecule has 3 N–H and O–H groups in total. The summed E-state index contributed by atoms with van der Waals surface area (Å²) in [5, 5.41) is 16.7. The zero-order chi connectivity index (χ0) is 26.8. The Bertz CT molecular complexity index is 1460. The van der Waals surface area contributed by atoms with Gasteiger partial charge in [-0.15, -0.1) is 0 Å². The van der Waals surface area contributed by atoms with E-state index in [1.165, 1.54) is 10.8 Å². The van der Waals surface area contributed by atoms with Crippen LogP contribution in [-0.4, -0.2) is 57.9 Å². The Morgan fingerprint density at radius 3 is 2.82 bits per heavy atom. The van der Waals surface area contributed by atoms with Crippen LogP contribution in [0.4, 0.5) is 31.9 Å². The molecule has 38 heavy (non-hydrogen) atoms. The topological polar surface area (TPSA) is 105 Å². The van der Waals surface area contributed by atoms with Gasteiger partial charge in [0.25, 0.3) is 5.56 Å². The molecular formula is C26H29ClF2N6O3. The van der Waals surface area contributed by atoms with Gasteiger partial charge in [0.2, 0.25) is 11.7 Å². The molecule has 6 rings (SSSR count). The highest BCUT2D eigenvalue weighted by molar-refractivity contribution is 6.32. The molecule has 1 aliphatic carbocycles. The van der Waals surface area contributed by atoms with Crippen LogP contribution in [0.25, 0.3) is 10.9 Å². The van der Waals surface area contributed by atoms with E-state index >= 15 is 0 Å². The van der Waals surface area contributed by atoms with Crippen LogP contribution in [0.15, 0.2) is 29.2 Å². The molecule has 2 aromatic heterocycles. The van der Waals surface area contributed by atoms with E-state index in [-0.39, 0.29) is 29.9 Å². The number of nitrogens with one attached hydrogen (secondary N) is 2. The maximum absolute atomic E-state index is 14.9. The third-order valence-electron chi connectivity index (χ3n) is 7.89. The van der Waals surface area contributed by atoms with Crippen molar-refractivity contribution < 1.29 is 18.6 Å². The van der Waals surface area contributed by atoms with Gasteiger partial charge in [0, 0.05) is 43.7 Å². The molecule has 4 heterocycles. The van der Waals surface area contributed by atoms with Crippen molar-refractivity contribution in [3.63, 3.8) is 0 Å². The molecule has 0 unspecified atom stereocenters. The Balaban J connectivity index is 1.37. The summed E-state index contributed by atoms with van der Waals surface area (Å²) >= 11 is 6.42. The van der Waals surface area contributed by atoms with Gasteiger partial charge in [-0.25, -0.2) is 13.8 Å². The number of aryl methyl sites for hydroxylation is 1. The lowest BCUT2D eigenvalue weighted by Gasteiger charge is -2.25. The second-order valence-electron chi connectivity index (χ2n) is 10.6. The number of nitrogens with zero attached hydrogens (tertiary/aromatic N) is 4. The summed E-state index contributed by atoms with van der Waals surface area (Å²) in [5.41, 5.74) is 0.980. The number of aliphatic hydroxyl groups excluding tert-OH is 1. The second-order valence-corrected chi connectivity index (χ2v) is 11.0. The van der Waals surface area contributed by atoms with Crippen molar-refractivity contribution in [1.82, 2.24) is 14.5 Å². The molecule has 9 nitrogen and oxygen atoms in total. The van der Waals surface area contributed by atoms with E-state index < -0.39 is 24.1 Å². The van der Waals surface area contributed by atoms with Gasteiger partial charge in [-0.3, -0.25) is 4.79 Å². The van der Waals surface area contributed by atoms with E-state index in [9.17, 15) is 18.7 Å². The highest BCUT2D eigenvalue weighted by Crippen LogP contribution is 2.45. The van der Waals surface area contributed by atoms with Crippen LogP contribution < -0.4 is 25.8 Å². The van der Waals surface area contributed by atoms with Crippen LogP contribution in [-0.2, 0) is 7.05 Å². The normalized spacial score (nSPS) is 24.5. The third-order valence-corrected chi connectivity index (χ3v) is 8.17.